The molecule has 0 unspecified atom stereocenters. The summed E-state index contributed by atoms with van der Waals surface area (Å²) >= 11 is 0. The van der Waals surface area contributed by atoms with E-state index >= 15 is 0 Å². The largest absolute Gasteiger partial charge is 0.496 e. The van der Waals surface area contributed by atoms with Gasteiger partial charge in [-0.25, -0.2) is 4.98 Å². The second-order valence-electron chi connectivity index (χ2n) is 7.57. The summed E-state index contributed by atoms with van der Waals surface area (Å²) in [6.07, 6.45) is 5.55. The molecule has 154 valence electrons. The summed E-state index contributed by atoms with van der Waals surface area (Å²) in [6, 6.07) is 7.66. The Labute approximate surface area is 173 Å². The van der Waals surface area contributed by atoms with Gasteiger partial charge in [0.05, 0.1) is 23.9 Å². The number of aromatic nitrogens is 3. The van der Waals surface area contributed by atoms with Crippen LogP contribution in [0.4, 0.5) is 0 Å². The fraction of sp³-hybridized carbons (Fsp3) is 0.318. The van der Waals surface area contributed by atoms with Gasteiger partial charge >= 0.3 is 0 Å². The topological polar surface area (TPSA) is 106 Å². The lowest BCUT2D eigenvalue weighted by Crippen LogP contribution is -2.35. The van der Waals surface area contributed by atoms with Gasteiger partial charge in [0.1, 0.15) is 11.5 Å². The summed E-state index contributed by atoms with van der Waals surface area (Å²) in [5, 5.41) is 7.98. The molecule has 2 aromatic heterocycles. The Hall–Kier alpha value is -3.23. The number of Topliss-reactive ketones (excluding diaryl/α,β-unsaturated/α-hetero) is 1. The van der Waals surface area contributed by atoms with Crippen molar-refractivity contribution < 1.29 is 14.3 Å². The molecule has 0 spiro atoms. The quantitative estimate of drug-likeness (QED) is 0.628. The van der Waals surface area contributed by atoms with Gasteiger partial charge < -0.3 is 15.2 Å². The number of methoxy groups -OCH3 is 1. The zero-order chi connectivity index (χ0) is 20.7. The molecule has 1 aromatic carbocycles. The van der Waals surface area contributed by atoms with Crippen molar-refractivity contribution in [1.82, 2.24) is 20.1 Å². The minimum Gasteiger partial charge on any atom is -0.496 e. The third-order valence-corrected chi connectivity index (χ3v) is 5.88. The first kappa shape index (κ1) is 18.8. The standard InChI is InChI=1S/C22H23N5O3/c1-29-18-7-6-15-20(28)19(10-17-14-5-2-8-24-22(14)26-25-17)30-21(15)16(18)12-27-9-3-4-13(27)11-23/h2,5-8,10,13H,3-4,9,11-12,23H2,1H3,(H,24,25,26)/t13-/m1/s1. The van der Waals surface area contributed by atoms with E-state index in [1.807, 2.05) is 18.2 Å². The van der Waals surface area contributed by atoms with Gasteiger partial charge in [0.15, 0.2) is 11.4 Å². The van der Waals surface area contributed by atoms with Gasteiger partial charge in [0.25, 0.3) is 0 Å². The van der Waals surface area contributed by atoms with Crippen LogP contribution in [0.2, 0.25) is 0 Å². The molecule has 3 aromatic rings. The number of benzene rings is 1. The number of carbonyl (C=O) groups is 1. The minimum atomic E-state index is -0.161. The summed E-state index contributed by atoms with van der Waals surface area (Å²) in [6.45, 7) is 2.21. The molecule has 2 aliphatic heterocycles. The van der Waals surface area contributed by atoms with Crippen LogP contribution in [0.25, 0.3) is 17.1 Å². The van der Waals surface area contributed by atoms with E-state index in [1.54, 1.807) is 25.4 Å². The van der Waals surface area contributed by atoms with Crippen LogP contribution in [0.5, 0.6) is 11.5 Å². The lowest BCUT2D eigenvalue weighted by atomic mass is 10.0. The zero-order valence-corrected chi connectivity index (χ0v) is 16.7. The van der Waals surface area contributed by atoms with Crippen molar-refractivity contribution in [3.63, 3.8) is 0 Å². The molecule has 1 fully saturated rings. The number of fused-ring (bicyclic) bond motifs is 2. The number of nitrogens with zero attached hydrogens (tertiary/aromatic N) is 3. The predicted molar refractivity (Wildman–Crippen MR) is 112 cm³/mol. The maximum absolute atomic E-state index is 13.0. The number of hydrogen-bond acceptors (Lipinski definition) is 7. The summed E-state index contributed by atoms with van der Waals surface area (Å²) in [4.78, 5) is 19.6. The van der Waals surface area contributed by atoms with Gasteiger partial charge in [-0.3, -0.25) is 14.8 Å². The Bertz CT molecular complexity index is 1150. The van der Waals surface area contributed by atoms with Gasteiger partial charge in [-0.15, -0.1) is 0 Å². The average Bonchev–Trinajstić information content (AvgIpc) is 3.47. The molecular formula is C22H23N5O3. The van der Waals surface area contributed by atoms with Crippen LogP contribution in [0.15, 0.2) is 36.2 Å². The van der Waals surface area contributed by atoms with Crippen molar-refractivity contribution in [3.8, 4) is 11.5 Å². The second-order valence-corrected chi connectivity index (χ2v) is 7.57. The van der Waals surface area contributed by atoms with Gasteiger partial charge in [0, 0.05) is 36.8 Å². The third kappa shape index (κ3) is 3.05. The fourth-order valence-corrected chi connectivity index (χ4v) is 4.31. The first-order valence-electron chi connectivity index (χ1n) is 10.1. The van der Waals surface area contributed by atoms with Crippen LogP contribution >= 0.6 is 0 Å². The molecule has 2 aliphatic rings. The molecule has 3 N–H and O–H groups in total. The molecule has 4 heterocycles. The Morgan fingerprint density at radius 3 is 3.13 bits per heavy atom. The zero-order valence-electron chi connectivity index (χ0n) is 16.7. The normalized spacial score (nSPS) is 20.1. The van der Waals surface area contributed by atoms with E-state index in [1.165, 1.54) is 0 Å². The van der Waals surface area contributed by atoms with Crippen molar-refractivity contribution in [1.29, 1.82) is 0 Å². The second kappa shape index (κ2) is 7.55. The highest BCUT2D eigenvalue weighted by Crippen LogP contribution is 2.41. The SMILES string of the molecule is COc1ccc2c(c1CN1CCC[C@@H]1CN)OC(=Cc1n[nH]c3ncccc13)C2=O. The summed E-state index contributed by atoms with van der Waals surface area (Å²) in [7, 11) is 1.63. The molecule has 8 nitrogen and oxygen atoms in total. The number of H-pyrrole nitrogens is 1. The van der Waals surface area contributed by atoms with E-state index in [9.17, 15) is 4.79 Å². The summed E-state index contributed by atoms with van der Waals surface area (Å²) < 4.78 is 11.7. The highest BCUT2D eigenvalue weighted by molar-refractivity contribution is 6.15. The average molecular weight is 405 g/mol. The van der Waals surface area contributed by atoms with E-state index in [-0.39, 0.29) is 11.5 Å². The minimum absolute atomic E-state index is 0.161. The lowest BCUT2D eigenvalue weighted by molar-refractivity contribution is 0.101. The molecule has 0 saturated carbocycles. The van der Waals surface area contributed by atoms with E-state index in [0.717, 1.165) is 30.3 Å². The number of rotatable bonds is 5. The number of nitrogens with one attached hydrogen (secondary N) is 1. The van der Waals surface area contributed by atoms with Crippen molar-refractivity contribution in [2.45, 2.75) is 25.4 Å². The maximum atomic E-state index is 13.0. The third-order valence-electron chi connectivity index (χ3n) is 5.88. The highest BCUT2D eigenvalue weighted by atomic mass is 16.5. The predicted octanol–water partition coefficient (Wildman–Crippen LogP) is 2.51. The van der Waals surface area contributed by atoms with Gasteiger partial charge in [-0.1, -0.05) is 0 Å². The van der Waals surface area contributed by atoms with Crippen molar-refractivity contribution >= 4 is 22.9 Å². The van der Waals surface area contributed by atoms with E-state index in [0.29, 0.717) is 47.5 Å². The van der Waals surface area contributed by atoms with Gasteiger partial charge in [0.2, 0.25) is 5.78 Å². The number of aromatic amines is 1. The molecule has 30 heavy (non-hydrogen) atoms. The molecule has 0 radical (unpaired) electrons. The lowest BCUT2D eigenvalue weighted by Gasteiger charge is -2.24. The van der Waals surface area contributed by atoms with E-state index in [2.05, 4.69) is 20.1 Å². The number of allylic oxidation sites excluding steroid dienone is 1. The van der Waals surface area contributed by atoms with Crippen molar-refractivity contribution in [2.75, 3.05) is 20.2 Å². The number of likely N-dealkylation sites (tertiary alicyclic amines) is 1. The molecule has 0 aliphatic carbocycles. The number of nitrogens with two attached hydrogens (primary N) is 1. The molecule has 0 bridgehead atoms. The Kier molecular flexibility index (Phi) is 4.72. The van der Waals surface area contributed by atoms with Crippen molar-refractivity contribution in [2.24, 2.45) is 5.73 Å². The van der Waals surface area contributed by atoms with Crippen LogP contribution in [-0.2, 0) is 6.54 Å². The van der Waals surface area contributed by atoms with Gasteiger partial charge in [-0.2, -0.15) is 5.10 Å². The molecule has 5 rings (SSSR count). The molecular weight excluding hydrogens is 382 g/mol. The molecule has 1 atom stereocenters. The number of ketones is 1. The van der Waals surface area contributed by atoms with Crippen LogP contribution < -0.4 is 15.2 Å². The van der Waals surface area contributed by atoms with Gasteiger partial charge in [-0.05, 0) is 43.7 Å². The Morgan fingerprint density at radius 2 is 2.30 bits per heavy atom. The highest BCUT2D eigenvalue weighted by Gasteiger charge is 2.34. The Balaban J connectivity index is 1.52. The number of hydrogen-bond donors (Lipinski definition) is 2. The number of carbonyl (C=O) groups excluding carboxylic acids is 1. The fourth-order valence-electron chi connectivity index (χ4n) is 4.31. The smallest absolute Gasteiger partial charge is 0.232 e. The maximum Gasteiger partial charge on any atom is 0.232 e. The van der Waals surface area contributed by atoms with E-state index in [4.69, 9.17) is 15.2 Å². The summed E-state index contributed by atoms with van der Waals surface area (Å²) in [5.41, 5.74) is 8.64. The van der Waals surface area contributed by atoms with E-state index < -0.39 is 0 Å². The number of ether oxygens (including phenoxy) is 2. The van der Waals surface area contributed by atoms with Crippen LogP contribution in [0.1, 0.15) is 34.5 Å². The monoisotopic (exact) mass is 405 g/mol. The number of pyridine rings is 1. The summed E-state index contributed by atoms with van der Waals surface area (Å²) in [5.74, 6) is 1.35. The van der Waals surface area contributed by atoms with Crippen LogP contribution in [0, 0.1) is 0 Å². The van der Waals surface area contributed by atoms with Crippen LogP contribution in [0.3, 0.4) is 0 Å². The molecule has 8 heteroatoms. The first-order valence-corrected chi connectivity index (χ1v) is 10.1. The van der Waals surface area contributed by atoms with Crippen molar-refractivity contribution in [3.05, 3.63) is 53.0 Å². The molecule has 0 amide bonds. The first-order chi connectivity index (χ1) is 14.7. The van der Waals surface area contributed by atoms with Crippen LogP contribution in [-0.4, -0.2) is 52.1 Å². The Morgan fingerprint density at radius 1 is 1.40 bits per heavy atom. The molecule has 1 saturated heterocycles.